The molecule has 0 fully saturated rings. The second-order valence-corrected chi connectivity index (χ2v) is 6.21. The Hall–Kier alpha value is -2.86. The number of amides is 2. The summed E-state index contributed by atoms with van der Waals surface area (Å²) in [6, 6.07) is 14.4. The first-order chi connectivity index (χ1) is 13.0. The predicted molar refractivity (Wildman–Crippen MR) is 105 cm³/mol. The van der Waals surface area contributed by atoms with E-state index in [0.717, 1.165) is 12.0 Å². The summed E-state index contributed by atoms with van der Waals surface area (Å²) in [7, 11) is 1.62. The Morgan fingerprint density at radius 1 is 1.07 bits per heavy atom. The van der Waals surface area contributed by atoms with Crippen LogP contribution in [0.15, 0.2) is 48.5 Å². The van der Waals surface area contributed by atoms with E-state index in [1.54, 1.807) is 38.3 Å². The molecule has 0 heterocycles. The van der Waals surface area contributed by atoms with Gasteiger partial charge < -0.3 is 20.1 Å². The summed E-state index contributed by atoms with van der Waals surface area (Å²) in [5.41, 5.74) is 1.97. The van der Waals surface area contributed by atoms with Gasteiger partial charge in [-0.2, -0.15) is 0 Å². The number of carbonyl (C=O) groups excluding carboxylic acids is 2. The van der Waals surface area contributed by atoms with Crippen LogP contribution in [-0.4, -0.2) is 38.2 Å². The van der Waals surface area contributed by atoms with Gasteiger partial charge in [0.2, 0.25) is 0 Å². The monoisotopic (exact) mass is 370 g/mol. The van der Waals surface area contributed by atoms with Crippen molar-refractivity contribution >= 4 is 17.5 Å². The fourth-order valence-corrected chi connectivity index (χ4v) is 2.41. The zero-order valence-electron chi connectivity index (χ0n) is 16.0. The van der Waals surface area contributed by atoms with Crippen LogP contribution < -0.4 is 15.4 Å². The topological polar surface area (TPSA) is 76.7 Å². The van der Waals surface area contributed by atoms with Crippen LogP contribution in [0.5, 0.6) is 5.75 Å². The van der Waals surface area contributed by atoms with Gasteiger partial charge in [0, 0.05) is 20.3 Å². The zero-order valence-corrected chi connectivity index (χ0v) is 16.0. The van der Waals surface area contributed by atoms with Crippen LogP contribution in [0.1, 0.15) is 29.3 Å². The molecule has 1 atom stereocenters. The van der Waals surface area contributed by atoms with Crippen molar-refractivity contribution < 1.29 is 19.1 Å². The predicted octanol–water partition coefficient (Wildman–Crippen LogP) is 3.17. The summed E-state index contributed by atoms with van der Waals surface area (Å²) in [5, 5.41) is 5.60. The lowest BCUT2D eigenvalue weighted by Crippen LogP contribution is -2.32. The second-order valence-electron chi connectivity index (χ2n) is 6.21. The molecule has 0 saturated carbocycles. The maximum atomic E-state index is 12.5. The number of aryl methyl sites for hydroxylation is 1. The fourth-order valence-electron chi connectivity index (χ4n) is 2.41. The van der Waals surface area contributed by atoms with Gasteiger partial charge in [-0.25, -0.2) is 0 Å². The quantitative estimate of drug-likeness (QED) is 0.665. The largest absolute Gasteiger partial charge is 0.481 e. The van der Waals surface area contributed by atoms with E-state index in [2.05, 4.69) is 10.6 Å². The van der Waals surface area contributed by atoms with Gasteiger partial charge in [-0.05, 0) is 44.5 Å². The molecule has 0 bridgehead atoms. The first-order valence-corrected chi connectivity index (χ1v) is 8.91. The SMILES string of the molecule is COCCCNC(=O)c1ccccc1NC(=O)[C@H](C)Oc1ccc(C)cc1. The first-order valence-electron chi connectivity index (χ1n) is 8.91. The van der Waals surface area contributed by atoms with Gasteiger partial charge in [0.25, 0.3) is 11.8 Å². The van der Waals surface area contributed by atoms with Crippen LogP contribution in [0.3, 0.4) is 0 Å². The molecular weight excluding hydrogens is 344 g/mol. The molecule has 2 N–H and O–H groups in total. The van der Waals surface area contributed by atoms with E-state index in [4.69, 9.17) is 9.47 Å². The molecule has 0 aromatic heterocycles. The highest BCUT2D eigenvalue weighted by Crippen LogP contribution is 2.17. The highest BCUT2D eigenvalue weighted by molar-refractivity contribution is 6.04. The normalized spacial score (nSPS) is 11.5. The minimum Gasteiger partial charge on any atom is -0.481 e. The van der Waals surface area contributed by atoms with Crippen molar-refractivity contribution in [1.82, 2.24) is 5.32 Å². The maximum Gasteiger partial charge on any atom is 0.265 e. The van der Waals surface area contributed by atoms with Gasteiger partial charge in [-0.3, -0.25) is 9.59 Å². The van der Waals surface area contributed by atoms with Crippen molar-refractivity contribution in [3.05, 3.63) is 59.7 Å². The van der Waals surface area contributed by atoms with Gasteiger partial charge in [-0.1, -0.05) is 29.8 Å². The average Bonchev–Trinajstić information content (AvgIpc) is 2.67. The number of hydrogen-bond donors (Lipinski definition) is 2. The minimum absolute atomic E-state index is 0.242. The Kier molecular flexibility index (Phi) is 7.82. The molecule has 2 aromatic carbocycles. The summed E-state index contributed by atoms with van der Waals surface area (Å²) in [6.45, 7) is 4.73. The molecule has 0 saturated heterocycles. The molecule has 0 aliphatic carbocycles. The highest BCUT2D eigenvalue weighted by Gasteiger charge is 2.18. The molecule has 0 aliphatic rings. The van der Waals surface area contributed by atoms with Crippen molar-refractivity contribution in [3.63, 3.8) is 0 Å². The van der Waals surface area contributed by atoms with Gasteiger partial charge in [0.05, 0.1) is 11.3 Å². The molecule has 2 rings (SSSR count). The lowest BCUT2D eigenvalue weighted by molar-refractivity contribution is -0.122. The summed E-state index contributed by atoms with van der Waals surface area (Å²) in [4.78, 5) is 24.8. The number of nitrogens with one attached hydrogen (secondary N) is 2. The van der Waals surface area contributed by atoms with Crippen molar-refractivity contribution in [2.24, 2.45) is 0 Å². The summed E-state index contributed by atoms with van der Waals surface area (Å²) in [6.07, 6.45) is 0.0172. The Labute approximate surface area is 159 Å². The van der Waals surface area contributed by atoms with E-state index >= 15 is 0 Å². The number of methoxy groups -OCH3 is 1. The molecule has 0 spiro atoms. The van der Waals surface area contributed by atoms with E-state index in [1.807, 2.05) is 31.2 Å². The smallest absolute Gasteiger partial charge is 0.265 e. The van der Waals surface area contributed by atoms with Crippen LogP contribution in [0.2, 0.25) is 0 Å². The minimum atomic E-state index is -0.703. The van der Waals surface area contributed by atoms with Crippen LogP contribution in [0.4, 0.5) is 5.69 Å². The first kappa shape index (κ1) is 20.5. The van der Waals surface area contributed by atoms with E-state index in [0.29, 0.717) is 30.2 Å². The Balaban J connectivity index is 1.98. The number of carbonyl (C=O) groups is 2. The molecule has 2 aromatic rings. The van der Waals surface area contributed by atoms with Crippen molar-refractivity contribution in [2.45, 2.75) is 26.4 Å². The Morgan fingerprint density at radius 3 is 2.48 bits per heavy atom. The second kappa shape index (κ2) is 10.3. The van der Waals surface area contributed by atoms with E-state index < -0.39 is 6.10 Å². The fraction of sp³-hybridized carbons (Fsp3) is 0.333. The van der Waals surface area contributed by atoms with Gasteiger partial charge in [-0.15, -0.1) is 0 Å². The molecule has 0 unspecified atom stereocenters. The van der Waals surface area contributed by atoms with E-state index in [9.17, 15) is 9.59 Å². The third-order valence-electron chi connectivity index (χ3n) is 3.94. The molecule has 6 heteroatoms. The lowest BCUT2D eigenvalue weighted by Gasteiger charge is -2.16. The van der Waals surface area contributed by atoms with Crippen molar-refractivity contribution in [3.8, 4) is 5.75 Å². The zero-order chi connectivity index (χ0) is 19.6. The average molecular weight is 370 g/mol. The van der Waals surface area contributed by atoms with Crippen molar-refractivity contribution in [2.75, 3.05) is 25.6 Å². The molecule has 27 heavy (non-hydrogen) atoms. The van der Waals surface area contributed by atoms with Gasteiger partial charge in [0.1, 0.15) is 5.75 Å². The summed E-state index contributed by atoms with van der Waals surface area (Å²) in [5.74, 6) is 0.0525. The van der Waals surface area contributed by atoms with E-state index in [-0.39, 0.29) is 11.8 Å². The third-order valence-corrected chi connectivity index (χ3v) is 3.94. The van der Waals surface area contributed by atoms with Crippen LogP contribution in [0.25, 0.3) is 0 Å². The number of hydrogen-bond acceptors (Lipinski definition) is 4. The number of ether oxygens (including phenoxy) is 2. The Bertz CT molecular complexity index is 759. The molecule has 144 valence electrons. The molecular formula is C21H26N2O4. The Morgan fingerprint density at radius 2 is 1.78 bits per heavy atom. The summed E-state index contributed by atoms with van der Waals surface area (Å²) >= 11 is 0. The van der Waals surface area contributed by atoms with Gasteiger partial charge >= 0.3 is 0 Å². The van der Waals surface area contributed by atoms with E-state index in [1.165, 1.54) is 0 Å². The lowest BCUT2D eigenvalue weighted by atomic mass is 10.1. The van der Waals surface area contributed by atoms with Crippen LogP contribution in [-0.2, 0) is 9.53 Å². The molecule has 0 aliphatic heterocycles. The molecule has 6 nitrogen and oxygen atoms in total. The molecule has 2 amide bonds. The standard InChI is InChI=1S/C21H26N2O4/c1-15-9-11-17(12-10-15)27-16(2)20(24)23-19-8-5-4-7-18(19)21(25)22-13-6-14-26-3/h4-5,7-12,16H,6,13-14H2,1-3H3,(H,22,25)(H,23,24)/t16-/m0/s1. The highest BCUT2D eigenvalue weighted by atomic mass is 16.5. The number of para-hydroxylation sites is 1. The van der Waals surface area contributed by atoms with Crippen LogP contribution >= 0.6 is 0 Å². The maximum absolute atomic E-state index is 12.5. The summed E-state index contributed by atoms with van der Waals surface area (Å²) < 4.78 is 10.6. The molecule has 0 radical (unpaired) electrons. The number of anilines is 1. The van der Waals surface area contributed by atoms with Gasteiger partial charge in [0.15, 0.2) is 6.10 Å². The van der Waals surface area contributed by atoms with Crippen LogP contribution in [0, 0.1) is 6.92 Å². The number of rotatable bonds is 9. The third kappa shape index (κ3) is 6.42. The number of benzene rings is 2. The van der Waals surface area contributed by atoms with Crippen molar-refractivity contribution in [1.29, 1.82) is 0 Å².